The van der Waals surface area contributed by atoms with E-state index in [-0.39, 0.29) is 5.54 Å². The highest BCUT2D eigenvalue weighted by molar-refractivity contribution is 5.30. The summed E-state index contributed by atoms with van der Waals surface area (Å²) in [7, 11) is 0. The minimum absolute atomic E-state index is 0.116. The van der Waals surface area contributed by atoms with E-state index < -0.39 is 0 Å². The van der Waals surface area contributed by atoms with Gasteiger partial charge in [-0.2, -0.15) is 0 Å². The van der Waals surface area contributed by atoms with Crippen LogP contribution in [0.25, 0.3) is 0 Å². The first-order valence-electron chi connectivity index (χ1n) is 5.96. The van der Waals surface area contributed by atoms with Crippen LogP contribution in [0.1, 0.15) is 37.0 Å². The smallest absolute Gasteiger partial charge is 0.0213 e. The topological polar surface area (TPSA) is 38.0 Å². The van der Waals surface area contributed by atoms with Crippen molar-refractivity contribution < 1.29 is 0 Å². The molecule has 0 spiro atoms. The van der Waals surface area contributed by atoms with Gasteiger partial charge in [0.25, 0.3) is 0 Å². The molecule has 2 heteroatoms. The monoisotopic (exact) mass is 220 g/mol. The maximum Gasteiger partial charge on any atom is 0.0213 e. The van der Waals surface area contributed by atoms with E-state index in [1.807, 2.05) is 0 Å². The van der Waals surface area contributed by atoms with Crippen LogP contribution in [-0.4, -0.2) is 12.1 Å². The first-order chi connectivity index (χ1) is 7.44. The Hall–Kier alpha value is -0.860. The Morgan fingerprint density at radius 3 is 2.56 bits per heavy atom. The maximum atomic E-state index is 5.60. The van der Waals surface area contributed by atoms with Gasteiger partial charge >= 0.3 is 0 Å². The number of hydrogen-bond donors (Lipinski definition) is 2. The summed E-state index contributed by atoms with van der Waals surface area (Å²) in [4.78, 5) is 0. The van der Waals surface area contributed by atoms with E-state index in [1.54, 1.807) is 0 Å². The molecular formula is C14H24N2. The lowest BCUT2D eigenvalue weighted by Gasteiger charge is -2.26. The Bertz CT molecular complexity index is 343. The Morgan fingerprint density at radius 2 is 1.94 bits per heavy atom. The number of nitrogens with one attached hydrogen (secondary N) is 1. The lowest BCUT2D eigenvalue weighted by molar-refractivity contribution is 0.365. The number of rotatable bonds is 5. The minimum atomic E-state index is 0.116. The molecule has 90 valence electrons. The van der Waals surface area contributed by atoms with Gasteiger partial charge in [0.05, 0.1) is 0 Å². The van der Waals surface area contributed by atoms with Gasteiger partial charge in [0.15, 0.2) is 0 Å². The van der Waals surface area contributed by atoms with Gasteiger partial charge in [0.2, 0.25) is 0 Å². The zero-order valence-electron chi connectivity index (χ0n) is 10.9. The van der Waals surface area contributed by atoms with Gasteiger partial charge in [-0.15, -0.1) is 0 Å². The fourth-order valence-electron chi connectivity index (χ4n) is 1.77. The second-order valence-corrected chi connectivity index (χ2v) is 5.21. The van der Waals surface area contributed by atoms with Gasteiger partial charge in [0.1, 0.15) is 0 Å². The molecule has 0 bridgehead atoms. The van der Waals surface area contributed by atoms with E-state index in [9.17, 15) is 0 Å². The molecule has 3 N–H and O–H groups in total. The molecule has 0 aliphatic carbocycles. The molecule has 0 aliphatic heterocycles. The van der Waals surface area contributed by atoms with Crippen molar-refractivity contribution in [3.63, 3.8) is 0 Å². The SMILES string of the molecule is Cc1ccc(C)c(CNC(C)(C)CCN)c1. The molecule has 0 saturated heterocycles. The summed E-state index contributed by atoms with van der Waals surface area (Å²) < 4.78 is 0. The quantitative estimate of drug-likeness (QED) is 0.800. The fourth-order valence-corrected chi connectivity index (χ4v) is 1.77. The average Bonchev–Trinajstić information content (AvgIpc) is 2.19. The van der Waals surface area contributed by atoms with Gasteiger partial charge in [-0.05, 0) is 51.8 Å². The largest absolute Gasteiger partial charge is 0.330 e. The van der Waals surface area contributed by atoms with Crippen molar-refractivity contribution in [3.05, 3.63) is 34.9 Å². The van der Waals surface area contributed by atoms with E-state index in [0.717, 1.165) is 19.5 Å². The predicted octanol–water partition coefficient (Wildman–Crippen LogP) is 2.52. The van der Waals surface area contributed by atoms with E-state index >= 15 is 0 Å². The van der Waals surface area contributed by atoms with Crippen LogP contribution in [-0.2, 0) is 6.54 Å². The van der Waals surface area contributed by atoms with Crippen LogP contribution in [0.4, 0.5) is 0 Å². The summed E-state index contributed by atoms with van der Waals surface area (Å²) >= 11 is 0. The molecule has 1 aromatic rings. The summed E-state index contributed by atoms with van der Waals surface area (Å²) in [6.07, 6.45) is 0.998. The number of hydrogen-bond acceptors (Lipinski definition) is 2. The summed E-state index contributed by atoms with van der Waals surface area (Å²) in [5.74, 6) is 0. The van der Waals surface area contributed by atoms with Crippen molar-refractivity contribution in [3.8, 4) is 0 Å². The zero-order valence-corrected chi connectivity index (χ0v) is 10.9. The Balaban J connectivity index is 2.63. The van der Waals surface area contributed by atoms with E-state index in [1.165, 1.54) is 16.7 Å². The molecular weight excluding hydrogens is 196 g/mol. The third-order valence-electron chi connectivity index (χ3n) is 3.03. The second kappa shape index (κ2) is 5.46. The first kappa shape index (κ1) is 13.2. The summed E-state index contributed by atoms with van der Waals surface area (Å²) in [5.41, 5.74) is 9.76. The summed E-state index contributed by atoms with van der Waals surface area (Å²) in [5, 5.41) is 3.56. The van der Waals surface area contributed by atoms with E-state index in [2.05, 4.69) is 51.2 Å². The molecule has 0 heterocycles. The molecule has 0 amide bonds. The Kier molecular flexibility index (Phi) is 4.51. The van der Waals surface area contributed by atoms with Crippen molar-refractivity contribution in [2.45, 2.75) is 46.2 Å². The van der Waals surface area contributed by atoms with Crippen LogP contribution in [0.5, 0.6) is 0 Å². The average molecular weight is 220 g/mol. The molecule has 16 heavy (non-hydrogen) atoms. The van der Waals surface area contributed by atoms with Gasteiger partial charge in [-0.1, -0.05) is 23.8 Å². The van der Waals surface area contributed by atoms with Crippen LogP contribution in [0.2, 0.25) is 0 Å². The predicted molar refractivity (Wildman–Crippen MR) is 70.5 cm³/mol. The third-order valence-corrected chi connectivity index (χ3v) is 3.03. The second-order valence-electron chi connectivity index (χ2n) is 5.21. The fraction of sp³-hybridized carbons (Fsp3) is 0.571. The molecule has 1 rings (SSSR count). The van der Waals surface area contributed by atoms with Crippen LogP contribution in [0.15, 0.2) is 18.2 Å². The normalized spacial score (nSPS) is 11.8. The standard InChI is InChI=1S/C14H24N2/c1-11-5-6-12(2)13(9-11)10-16-14(3,4)7-8-15/h5-6,9,16H,7-8,10,15H2,1-4H3. The lowest BCUT2D eigenvalue weighted by Crippen LogP contribution is -2.40. The Labute approximate surface area is 99.2 Å². The molecule has 1 aromatic carbocycles. The van der Waals surface area contributed by atoms with Crippen LogP contribution in [0, 0.1) is 13.8 Å². The van der Waals surface area contributed by atoms with Crippen molar-refractivity contribution in [1.82, 2.24) is 5.32 Å². The van der Waals surface area contributed by atoms with E-state index in [4.69, 9.17) is 5.73 Å². The molecule has 0 atom stereocenters. The van der Waals surface area contributed by atoms with Gasteiger partial charge in [-0.25, -0.2) is 0 Å². The van der Waals surface area contributed by atoms with Crippen molar-refractivity contribution in [1.29, 1.82) is 0 Å². The summed E-state index contributed by atoms with van der Waals surface area (Å²) in [6, 6.07) is 6.59. The molecule has 0 radical (unpaired) electrons. The molecule has 0 unspecified atom stereocenters. The van der Waals surface area contributed by atoms with Gasteiger partial charge < -0.3 is 11.1 Å². The highest BCUT2D eigenvalue weighted by Crippen LogP contribution is 2.13. The molecule has 2 nitrogen and oxygen atoms in total. The number of benzene rings is 1. The third kappa shape index (κ3) is 3.95. The highest BCUT2D eigenvalue weighted by Gasteiger charge is 2.15. The maximum absolute atomic E-state index is 5.60. The van der Waals surface area contributed by atoms with E-state index in [0.29, 0.717) is 0 Å². The first-order valence-corrected chi connectivity index (χ1v) is 5.96. The highest BCUT2D eigenvalue weighted by atomic mass is 15.0. The molecule has 0 aromatic heterocycles. The number of aryl methyl sites for hydroxylation is 2. The minimum Gasteiger partial charge on any atom is -0.330 e. The van der Waals surface area contributed by atoms with Crippen molar-refractivity contribution in [2.75, 3.05) is 6.54 Å². The van der Waals surface area contributed by atoms with Crippen LogP contribution in [0.3, 0.4) is 0 Å². The van der Waals surface area contributed by atoms with Gasteiger partial charge in [0, 0.05) is 12.1 Å². The van der Waals surface area contributed by atoms with Crippen molar-refractivity contribution >= 4 is 0 Å². The van der Waals surface area contributed by atoms with Crippen LogP contribution < -0.4 is 11.1 Å². The zero-order chi connectivity index (χ0) is 12.2. The van der Waals surface area contributed by atoms with Gasteiger partial charge in [-0.3, -0.25) is 0 Å². The van der Waals surface area contributed by atoms with Crippen LogP contribution >= 0.6 is 0 Å². The van der Waals surface area contributed by atoms with Crippen molar-refractivity contribution in [2.24, 2.45) is 5.73 Å². The lowest BCUT2D eigenvalue weighted by atomic mass is 9.99. The Morgan fingerprint density at radius 1 is 1.25 bits per heavy atom. The summed E-state index contributed by atoms with van der Waals surface area (Å²) in [6.45, 7) is 10.3. The number of nitrogens with two attached hydrogens (primary N) is 1. The molecule has 0 fully saturated rings. The molecule has 0 aliphatic rings. The molecule has 0 saturated carbocycles.